The predicted molar refractivity (Wildman–Crippen MR) is 104 cm³/mol. The highest BCUT2D eigenvalue weighted by Crippen LogP contribution is 2.33. The highest BCUT2D eigenvalue weighted by atomic mass is 16.3. The largest absolute Gasteiger partial charge is 0.508 e. The zero-order valence-corrected chi connectivity index (χ0v) is 15.9. The molecule has 0 saturated carbocycles. The highest BCUT2D eigenvalue weighted by molar-refractivity contribution is 5.60. The number of phenols is 1. The second kappa shape index (κ2) is 7.74. The Kier molecular flexibility index (Phi) is 5.93. The first-order chi connectivity index (χ1) is 11.3. The molecule has 0 heterocycles. The fourth-order valence-corrected chi connectivity index (χ4v) is 3.04. The standard InChI is InChI=1S/C22H31NO/c1-14(2)17-10-11-21(24)18(12-17)13-23-22-19(15(3)4)8-7-9-20(22)16(5)6/h7-12,14-16,23-24H,13H2,1-6H3. The molecule has 0 spiro atoms. The number of rotatable bonds is 6. The third-order valence-electron chi connectivity index (χ3n) is 4.60. The maximum absolute atomic E-state index is 10.2. The highest BCUT2D eigenvalue weighted by Gasteiger charge is 2.14. The van der Waals surface area contributed by atoms with Crippen LogP contribution in [0.25, 0.3) is 0 Å². The average molecular weight is 325 g/mol. The van der Waals surface area contributed by atoms with E-state index in [0.717, 1.165) is 5.56 Å². The number of aromatic hydroxyl groups is 1. The lowest BCUT2D eigenvalue weighted by Crippen LogP contribution is -2.08. The molecule has 0 bridgehead atoms. The lowest BCUT2D eigenvalue weighted by Gasteiger charge is -2.21. The van der Waals surface area contributed by atoms with E-state index in [1.165, 1.54) is 22.4 Å². The normalized spacial score (nSPS) is 11.5. The first-order valence-electron chi connectivity index (χ1n) is 8.99. The van der Waals surface area contributed by atoms with Gasteiger partial charge < -0.3 is 10.4 Å². The summed E-state index contributed by atoms with van der Waals surface area (Å²) in [6.45, 7) is 13.9. The van der Waals surface area contributed by atoms with Crippen molar-refractivity contribution in [3.05, 3.63) is 58.7 Å². The summed E-state index contributed by atoms with van der Waals surface area (Å²) < 4.78 is 0. The maximum atomic E-state index is 10.2. The third kappa shape index (κ3) is 4.11. The second-order valence-electron chi connectivity index (χ2n) is 7.52. The van der Waals surface area contributed by atoms with Gasteiger partial charge in [0.25, 0.3) is 0 Å². The minimum Gasteiger partial charge on any atom is -0.508 e. The molecule has 0 radical (unpaired) electrons. The quantitative estimate of drug-likeness (QED) is 0.646. The van der Waals surface area contributed by atoms with Crippen LogP contribution in [0.4, 0.5) is 5.69 Å². The second-order valence-corrected chi connectivity index (χ2v) is 7.52. The minimum atomic E-state index is 0.361. The van der Waals surface area contributed by atoms with Gasteiger partial charge in [-0.15, -0.1) is 0 Å². The minimum absolute atomic E-state index is 0.361. The Balaban J connectivity index is 2.34. The first-order valence-corrected chi connectivity index (χ1v) is 8.99. The van der Waals surface area contributed by atoms with Crippen LogP contribution >= 0.6 is 0 Å². The number of para-hydroxylation sites is 1. The molecule has 0 saturated heterocycles. The smallest absolute Gasteiger partial charge is 0.120 e. The summed E-state index contributed by atoms with van der Waals surface area (Å²) in [5.74, 6) is 1.74. The molecule has 0 aliphatic heterocycles. The van der Waals surface area contributed by atoms with Crippen LogP contribution in [0.2, 0.25) is 0 Å². The maximum Gasteiger partial charge on any atom is 0.120 e. The van der Waals surface area contributed by atoms with Crippen molar-refractivity contribution in [2.75, 3.05) is 5.32 Å². The van der Waals surface area contributed by atoms with Crippen LogP contribution in [-0.2, 0) is 6.54 Å². The fraction of sp³-hybridized carbons (Fsp3) is 0.455. The van der Waals surface area contributed by atoms with E-state index in [2.05, 4.69) is 71.1 Å². The molecule has 2 heteroatoms. The van der Waals surface area contributed by atoms with Crippen LogP contribution in [0.3, 0.4) is 0 Å². The van der Waals surface area contributed by atoms with Crippen molar-refractivity contribution in [1.29, 1.82) is 0 Å². The number of phenolic OH excluding ortho intramolecular Hbond substituents is 1. The monoisotopic (exact) mass is 325 g/mol. The molecule has 2 aromatic rings. The van der Waals surface area contributed by atoms with Crippen molar-refractivity contribution in [2.24, 2.45) is 0 Å². The first kappa shape index (κ1) is 18.4. The van der Waals surface area contributed by atoms with Crippen molar-refractivity contribution >= 4 is 5.69 Å². The van der Waals surface area contributed by atoms with E-state index >= 15 is 0 Å². The summed E-state index contributed by atoms with van der Waals surface area (Å²) >= 11 is 0. The van der Waals surface area contributed by atoms with Crippen LogP contribution in [-0.4, -0.2) is 5.11 Å². The van der Waals surface area contributed by atoms with Crippen molar-refractivity contribution in [3.8, 4) is 5.75 Å². The molecule has 0 atom stereocenters. The van der Waals surface area contributed by atoms with Gasteiger partial charge in [-0.1, -0.05) is 71.9 Å². The molecule has 0 aliphatic rings. The number of anilines is 1. The van der Waals surface area contributed by atoms with E-state index in [0.29, 0.717) is 30.0 Å². The van der Waals surface area contributed by atoms with E-state index in [1.807, 2.05) is 12.1 Å². The van der Waals surface area contributed by atoms with E-state index in [4.69, 9.17) is 0 Å². The van der Waals surface area contributed by atoms with Crippen LogP contribution in [0.1, 0.15) is 81.5 Å². The summed E-state index contributed by atoms with van der Waals surface area (Å²) in [6.07, 6.45) is 0. The van der Waals surface area contributed by atoms with Gasteiger partial charge in [-0.2, -0.15) is 0 Å². The summed E-state index contributed by atoms with van der Waals surface area (Å²) in [7, 11) is 0. The van der Waals surface area contributed by atoms with Gasteiger partial charge >= 0.3 is 0 Å². The molecule has 0 aromatic heterocycles. The average Bonchev–Trinajstić information content (AvgIpc) is 2.53. The molecule has 2 N–H and O–H groups in total. The summed E-state index contributed by atoms with van der Waals surface area (Å²) in [4.78, 5) is 0. The fourth-order valence-electron chi connectivity index (χ4n) is 3.04. The van der Waals surface area contributed by atoms with Crippen LogP contribution in [0.5, 0.6) is 5.75 Å². The van der Waals surface area contributed by atoms with Gasteiger partial charge in [-0.25, -0.2) is 0 Å². The lowest BCUT2D eigenvalue weighted by molar-refractivity contribution is 0.468. The zero-order chi connectivity index (χ0) is 17.9. The number of hydrogen-bond acceptors (Lipinski definition) is 2. The van der Waals surface area contributed by atoms with E-state index < -0.39 is 0 Å². The molecule has 2 rings (SSSR count). The molecule has 0 unspecified atom stereocenters. The van der Waals surface area contributed by atoms with E-state index in [-0.39, 0.29) is 0 Å². The van der Waals surface area contributed by atoms with Gasteiger partial charge in [0.1, 0.15) is 5.75 Å². The van der Waals surface area contributed by atoms with Crippen molar-refractivity contribution in [1.82, 2.24) is 0 Å². The van der Waals surface area contributed by atoms with Gasteiger partial charge in [0.2, 0.25) is 0 Å². The Hall–Kier alpha value is -1.96. The predicted octanol–water partition coefficient (Wildman–Crippen LogP) is 6.37. The summed E-state index contributed by atoms with van der Waals surface area (Å²) in [5, 5.41) is 13.8. The molecule has 24 heavy (non-hydrogen) atoms. The molecule has 2 nitrogen and oxygen atoms in total. The van der Waals surface area contributed by atoms with Crippen molar-refractivity contribution in [3.63, 3.8) is 0 Å². The Labute approximate surface area is 146 Å². The summed E-state index contributed by atoms with van der Waals surface area (Å²) in [5.41, 5.74) is 6.10. The Morgan fingerprint density at radius 3 is 1.92 bits per heavy atom. The van der Waals surface area contributed by atoms with E-state index in [1.54, 1.807) is 0 Å². The molecular formula is C22H31NO. The van der Waals surface area contributed by atoms with E-state index in [9.17, 15) is 5.11 Å². The van der Waals surface area contributed by atoms with Crippen molar-refractivity contribution < 1.29 is 5.11 Å². The SMILES string of the molecule is CC(C)c1ccc(O)c(CNc2c(C(C)C)cccc2C(C)C)c1. The lowest BCUT2D eigenvalue weighted by atomic mass is 9.92. The van der Waals surface area contributed by atoms with Gasteiger partial charge in [0.15, 0.2) is 0 Å². The molecule has 0 aliphatic carbocycles. The zero-order valence-electron chi connectivity index (χ0n) is 15.9. The van der Waals surface area contributed by atoms with Gasteiger partial charge in [-0.05, 0) is 40.5 Å². The van der Waals surface area contributed by atoms with Crippen LogP contribution in [0, 0.1) is 0 Å². The number of benzene rings is 2. The van der Waals surface area contributed by atoms with Gasteiger partial charge in [-0.3, -0.25) is 0 Å². The molecule has 0 fully saturated rings. The Morgan fingerprint density at radius 2 is 1.42 bits per heavy atom. The summed E-state index contributed by atoms with van der Waals surface area (Å²) in [6, 6.07) is 12.5. The van der Waals surface area contributed by atoms with Crippen LogP contribution < -0.4 is 5.32 Å². The number of hydrogen-bond donors (Lipinski definition) is 2. The van der Waals surface area contributed by atoms with Gasteiger partial charge in [0, 0.05) is 17.8 Å². The number of nitrogens with one attached hydrogen (secondary N) is 1. The van der Waals surface area contributed by atoms with Crippen LogP contribution in [0.15, 0.2) is 36.4 Å². The molecule has 130 valence electrons. The molecule has 0 amide bonds. The molecular weight excluding hydrogens is 294 g/mol. The van der Waals surface area contributed by atoms with Crippen molar-refractivity contribution in [2.45, 2.75) is 65.8 Å². The molecule has 2 aromatic carbocycles. The Bertz CT molecular complexity index is 660. The third-order valence-corrected chi connectivity index (χ3v) is 4.60. The topological polar surface area (TPSA) is 32.3 Å². The van der Waals surface area contributed by atoms with Gasteiger partial charge in [0.05, 0.1) is 0 Å². The Morgan fingerprint density at radius 1 is 0.833 bits per heavy atom.